The molecule has 19 heavy (non-hydrogen) atoms. The van der Waals surface area contributed by atoms with Crippen LogP contribution in [0.5, 0.6) is 5.75 Å². The summed E-state index contributed by atoms with van der Waals surface area (Å²) < 4.78 is 5.25. The van der Waals surface area contributed by atoms with Crippen molar-refractivity contribution in [2.75, 3.05) is 13.6 Å². The lowest BCUT2D eigenvalue weighted by Crippen LogP contribution is -2.42. The van der Waals surface area contributed by atoms with Crippen molar-refractivity contribution in [2.24, 2.45) is 11.7 Å². The number of nitrogens with two attached hydrogens (primary N) is 1. The van der Waals surface area contributed by atoms with Gasteiger partial charge < -0.3 is 15.3 Å². The van der Waals surface area contributed by atoms with Gasteiger partial charge in [0.2, 0.25) is 5.43 Å². The molecule has 5 heteroatoms. The molecule has 1 aromatic heterocycles. The zero-order valence-corrected chi connectivity index (χ0v) is 11.3. The molecule has 5 nitrogen and oxygen atoms in total. The van der Waals surface area contributed by atoms with E-state index in [1.807, 2.05) is 7.05 Å². The molecule has 0 amide bonds. The average Bonchev–Trinajstić information content (AvgIpc) is 2.43. The molecular weight excluding hydrogens is 244 g/mol. The molecule has 1 aromatic rings. The molecule has 0 saturated heterocycles. The Morgan fingerprint density at radius 3 is 2.89 bits per heavy atom. The Morgan fingerprint density at radius 1 is 1.47 bits per heavy atom. The summed E-state index contributed by atoms with van der Waals surface area (Å²) in [5.41, 5.74) is 5.44. The number of nitrogens with zero attached hydrogens (tertiary/aromatic N) is 1. The molecule has 1 fully saturated rings. The molecule has 106 valence electrons. The van der Waals surface area contributed by atoms with Crippen molar-refractivity contribution in [2.45, 2.75) is 38.3 Å². The van der Waals surface area contributed by atoms with Gasteiger partial charge in [0.1, 0.15) is 12.0 Å². The third kappa shape index (κ3) is 3.36. The zero-order valence-electron chi connectivity index (χ0n) is 11.3. The zero-order chi connectivity index (χ0) is 13.8. The predicted octanol–water partition coefficient (Wildman–Crippen LogP) is 1.29. The van der Waals surface area contributed by atoms with Gasteiger partial charge in [-0.1, -0.05) is 12.8 Å². The third-order valence-corrected chi connectivity index (χ3v) is 4.01. The summed E-state index contributed by atoms with van der Waals surface area (Å²) >= 11 is 0. The maximum absolute atomic E-state index is 11.4. The summed E-state index contributed by atoms with van der Waals surface area (Å²) in [6.07, 6.45) is 5.89. The number of hydrogen-bond donors (Lipinski definition) is 2. The Bertz CT molecular complexity index is 472. The fourth-order valence-corrected chi connectivity index (χ4v) is 2.93. The van der Waals surface area contributed by atoms with Gasteiger partial charge in [0.25, 0.3) is 0 Å². The first-order valence-electron chi connectivity index (χ1n) is 6.83. The van der Waals surface area contributed by atoms with E-state index >= 15 is 0 Å². The first-order chi connectivity index (χ1) is 9.11. The number of rotatable bonds is 4. The summed E-state index contributed by atoms with van der Waals surface area (Å²) in [6.45, 7) is 1.27. The second-order valence-electron chi connectivity index (χ2n) is 5.36. The van der Waals surface area contributed by atoms with Crippen LogP contribution in [0.15, 0.2) is 21.5 Å². The monoisotopic (exact) mass is 266 g/mol. The highest BCUT2D eigenvalue weighted by atomic mass is 16.4. The molecular formula is C14H22N2O3. The smallest absolute Gasteiger partial charge is 0.226 e. The van der Waals surface area contributed by atoms with Gasteiger partial charge in [-0.2, -0.15) is 0 Å². The molecule has 0 aliphatic heterocycles. The Morgan fingerprint density at radius 2 is 2.21 bits per heavy atom. The number of aromatic hydroxyl groups is 1. The molecule has 2 rings (SSSR count). The minimum absolute atomic E-state index is 0.344. The van der Waals surface area contributed by atoms with Gasteiger partial charge >= 0.3 is 0 Å². The van der Waals surface area contributed by atoms with Gasteiger partial charge in [-0.15, -0.1) is 0 Å². The molecule has 0 aromatic carbocycles. The van der Waals surface area contributed by atoms with E-state index in [0.717, 1.165) is 12.7 Å². The SMILES string of the molecule is CN(Cc1cc(=O)c(O)co1)C1CCCCC1CN. The normalized spacial score (nSPS) is 23.7. The lowest BCUT2D eigenvalue weighted by atomic mass is 9.83. The largest absolute Gasteiger partial charge is 0.502 e. The molecule has 1 heterocycles. The predicted molar refractivity (Wildman–Crippen MR) is 72.9 cm³/mol. The molecule has 0 bridgehead atoms. The van der Waals surface area contributed by atoms with Crippen LogP contribution in [0.25, 0.3) is 0 Å². The Balaban J connectivity index is 2.04. The average molecular weight is 266 g/mol. The summed E-state index contributed by atoms with van der Waals surface area (Å²) in [4.78, 5) is 13.6. The Kier molecular flexibility index (Phi) is 4.61. The van der Waals surface area contributed by atoms with Crippen molar-refractivity contribution >= 4 is 0 Å². The van der Waals surface area contributed by atoms with Crippen LogP contribution in [-0.4, -0.2) is 29.6 Å². The topological polar surface area (TPSA) is 79.7 Å². The van der Waals surface area contributed by atoms with E-state index < -0.39 is 5.43 Å². The van der Waals surface area contributed by atoms with E-state index in [1.54, 1.807) is 0 Å². The fourth-order valence-electron chi connectivity index (χ4n) is 2.93. The summed E-state index contributed by atoms with van der Waals surface area (Å²) in [6, 6.07) is 1.80. The van der Waals surface area contributed by atoms with E-state index in [9.17, 15) is 9.90 Å². The third-order valence-electron chi connectivity index (χ3n) is 4.01. The molecule has 0 radical (unpaired) electrons. The first-order valence-corrected chi connectivity index (χ1v) is 6.83. The molecule has 2 unspecified atom stereocenters. The quantitative estimate of drug-likeness (QED) is 0.858. The van der Waals surface area contributed by atoms with Crippen molar-refractivity contribution in [1.82, 2.24) is 4.90 Å². The van der Waals surface area contributed by atoms with E-state index in [-0.39, 0.29) is 5.75 Å². The minimum Gasteiger partial charge on any atom is -0.502 e. The Labute approximate surface area is 113 Å². The van der Waals surface area contributed by atoms with E-state index in [0.29, 0.717) is 30.8 Å². The molecule has 3 N–H and O–H groups in total. The first kappa shape index (κ1) is 14.1. The van der Waals surface area contributed by atoms with Gasteiger partial charge in [0, 0.05) is 12.1 Å². The van der Waals surface area contributed by atoms with Crippen molar-refractivity contribution in [1.29, 1.82) is 0 Å². The lowest BCUT2D eigenvalue weighted by molar-refractivity contribution is 0.119. The van der Waals surface area contributed by atoms with Crippen LogP contribution in [-0.2, 0) is 6.54 Å². The summed E-state index contributed by atoms with van der Waals surface area (Å²) in [5, 5.41) is 9.17. The van der Waals surface area contributed by atoms with Crippen molar-refractivity contribution in [3.05, 3.63) is 28.3 Å². The lowest BCUT2D eigenvalue weighted by Gasteiger charge is -2.37. The fraction of sp³-hybridized carbons (Fsp3) is 0.643. The maximum atomic E-state index is 11.4. The van der Waals surface area contributed by atoms with Crippen LogP contribution in [0.3, 0.4) is 0 Å². The minimum atomic E-state index is -0.395. The van der Waals surface area contributed by atoms with Crippen LogP contribution in [0.4, 0.5) is 0 Å². The molecule has 2 atom stereocenters. The van der Waals surface area contributed by atoms with Gasteiger partial charge in [-0.25, -0.2) is 0 Å². The molecule has 1 aliphatic carbocycles. The van der Waals surface area contributed by atoms with Gasteiger partial charge in [0.15, 0.2) is 5.75 Å². The highest BCUT2D eigenvalue weighted by Gasteiger charge is 2.27. The summed E-state index contributed by atoms with van der Waals surface area (Å²) in [5.74, 6) is 0.748. The van der Waals surface area contributed by atoms with E-state index in [1.165, 1.54) is 25.3 Å². The molecule has 1 saturated carbocycles. The van der Waals surface area contributed by atoms with Crippen LogP contribution >= 0.6 is 0 Å². The van der Waals surface area contributed by atoms with Crippen LogP contribution in [0, 0.1) is 5.92 Å². The number of hydrogen-bond acceptors (Lipinski definition) is 5. The van der Waals surface area contributed by atoms with Crippen molar-refractivity contribution < 1.29 is 9.52 Å². The van der Waals surface area contributed by atoms with Gasteiger partial charge in [0.05, 0.1) is 6.54 Å². The maximum Gasteiger partial charge on any atom is 0.226 e. The molecule has 1 aliphatic rings. The van der Waals surface area contributed by atoms with E-state index in [4.69, 9.17) is 10.2 Å². The van der Waals surface area contributed by atoms with Crippen molar-refractivity contribution in [3.63, 3.8) is 0 Å². The molecule has 0 spiro atoms. The summed E-state index contributed by atoms with van der Waals surface area (Å²) in [7, 11) is 2.03. The van der Waals surface area contributed by atoms with Crippen molar-refractivity contribution in [3.8, 4) is 5.75 Å². The highest BCUT2D eigenvalue weighted by Crippen LogP contribution is 2.27. The van der Waals surface area contributed by atoms with Gasteiger partial charge in [-0.05, 0) is 32.4 Å². The van der Waals surface area contributed by atoms with Crippen LogP contribution < -0.4 is 11.2 Å². The van der Waals surface area contributed by atoms with Crippen LogP contribution in [0.1, 0.15) is 31.4 Å². The van der Waals surface area contributed by atoms with Crippen LogP contribution in [0.2, 0.25) is 0 Å². The van der Waals surface area contributed by atoms with E-state index in [2.05, 4.69) is 4.90 Å². The highest BCUT2D eigenvalue weighted by molar-refractivity contribution is 5.15. The standard InChI is InChI=1S/C14H22N2O3/c1-16(12-5-3-2-4-10(12)7-15)8-11-6-13(17)14(18)9-19-11/h6,9-10,12,18H,2-5,7-8,15H2,1H3. The second kappa shape index (κ2) is 6.21. The Hall–Kier alpha value is -1.33. The second-order valence-corrected chi connectivity index (χ2v) is 5.36. The van der Waals surface area contributed by atoms with Gasteiger partial charge in [-0.3, -0.25) is 9.69 Å².